The van der Waals surface area contributed by atoms with Crippen LogP contribution in [0.1, 0.15) is 438 Å². The molecule has 2 unspecified atom stereocenters. The van der Waals surface area contributed by atoms with Crippen LogP contribution in [0.4, 0.5) is 0 Å². The molecule has 0 aromatic carbocycles. The van der Waals surface area contributed by atoms with Gasteiger partial charge >= 0.3 is 5.97 Å². The lowest BCUT2D eigenvalue weighted by Crippen LogP contribution is -2.45. The van der Waals surface area contributed by atoms with Gasteiger partial charge in [-0.2, -0.15) is 0 Å². The second-order valence-electron chi connectivity index (χ2n) is 26.7. The summed E-state index contributed by atoms with van der Waals surface area (Å²) in [6, 6.07) is -0.631. The number of hydrogen-bond acceptors (Lipinski definition) is 5. The number of aliphatic hydroxyl groups excluding tert-OH is 2. The Labute approximate surface area is 526 Å². The SMILES string of the molecule is CCCCCCCCCCCCCCCCCCCCCCC/C=C/C(O)C(CO)NC(=O)CCCCCCCCCCCC/C=C\CCCCCCCCCCCCCCOC(=O)CCCCCCCCCCCCCCCCCCCC. The molecule has 0 aliphatic heterocycles. The van der Waals surface area contributed by atoms with Gasteiger partial charge in [-0.05, 0) is 57.8 Å². The number of carbonyl (C=O) groups excluding carboxylic acids is 2. The van der Waals surface area contributed by atoms with Gasteiger partial charge < -0.3 is 20.3 Å². The van der Waals surface area contributed by atoms with E-state index in [4.69, 9.17) is 4.74 Å². The fraction of sp³-hybridized carbons (Fsp3) is 0.923. The van der Waals surface area contributed by atoms with Crippen LogP contribution in [0.2, 0.25) is 0 Å². The standard InChI is InChI=1S/C78H151NO5/c1-3-5-7-9-11-13-15-17-19-21-23-24-29-32-35-38-42-46-50-54-58-62-66-70-76(81)75(74-80)79-77(82)71-67-63-59-55-51-47-43-39-36-33-30-27-25-26-28-31-34-37-41-45-49-53-57-61-65-69-73-84-78(83)72-68-64-60-56-52-48-44-40-22-20-18-16-14-12-10-8-6-4-2/h25,27,66,70,75-76,80-81H,3-24,26,28-65,67-69,71-74H2,1-2H3,(H,79,82)/b27-25-,70-66+. The predicted octanol–water partition coefficient (Wildman–Crippen LogP) is 25.3. The third-order valence-corrected chi connectivity index (χ3v) is 18.2. The van der Waals surface area contributed by atoms with Gasteiger partial charge in [0.1, 0.15) is 0 Å². The van der Waals surface area contributed by atoms with Crippen LogP contribution in [0.5, 0.6) is 0 Å². The molecule has 0 fully saturated rings. The molecule has 0 rings (SSSR count). The number of amides is 1. The average molecular weight is 1180 g/mol. The lowest BCUT2D eigenvalue weighted by molar-refractivity contribution is -0.143. The fourth-order valence-corrected chi connectivity index (χ4v) is 12.3. The van der Waals surface area contributed by atoms with E-state index in [-0.39, 0.29) is 18.5 Å². The quantitative estimate of drug-likeness (QED) is 0.0320. The van der Waals surface area contributed by atoms with Gasteiger partial charge in [-0.15, -0.1) is 0 Å². The lowest BCUT2D eigenvalue weighted by Gasteiger charge is -2.20. The third-order valence-electron chi connectivity index (χ3n) is 18.2. The molecule has 0 saturated heterocycles. The van der Waals surface area contributed by atoms with Crippen LogP contribution >= 0.6 is 0 Å². The van der Waals surface area contributed by atoms with E-state index in [9.17, 15) is 19.8 Å². The Balaban J connectivity index is 3.40. The van der Waals surface area contributed by atoms with E-state index in [1.807, 2.05) is 6.08 Å². The number of carbonyl (C=O) groups is 2. The first kappa shape index (κ1) is 82.3. The normalized spacial score (nSPS) is 12.6. The molecule has 0 spiro atoms. The maximum absolute atomic E-state index is 12.5. The zero-order chi connectivity index (χ0) is 60.6. The van der Waals surface area contributed by atoms with Gasteiger partial charge in [-0.3, -0.25) is 9.59 Å². The van der Waals surface area contributed by atoms with Gasteiger partial charge in [0, 0.05) is 12.8 Å². The lowest BCUT2D eigenvalue weighted by atomic mass is 10.0. The summed E-state index contributed by atoms with van der Waals surface area (Å²) in [7, 11) is 0. The molecule has 0 aliphatic rings. The summed E-state index contributed by atoms with van der Waals surface area (Å²) < 4.78 is 5.51. The highest BCUT2D eigenvalue weighted by atomic mass is 16.5. The highest BCUT2D eigenvalue weighted by Crippen LogP contribution is 2.20. The molecule has 0 bridgehead atoms. The molecule has 6 nitrogen and oxygen atoms in total. The van der Waals surface area contributed by atoms with Crippen molar-refractivity contribution in [3.8, 4) is 0 Å². The highest BCUT2D eigenvalue weighted by Gasteiger charge is 2.18. The summed E-state index contributed by atoms with van der Waals surface area (Å²) in [5.74, 6) is -0.0455. The maximum Gasteiger partial charge on any atom is 0.305 e. The van der Waals surface area contributed by atoms with Gasteiger partial charge in [0.15, 0.2) is 0 Å². The number of ether oxygens (including phenoxy) is 1. The van der Waals surface area contributed by atoms with E-state index >= 15 is 0 Å². The summed E-state index contributed by atoms with van der Waals surface area (Å²) in [5, 5.41) is 23.3. The van der Waals surface area contributed by atoms with Gasteiger partial charge in [0.25, 0.3) is 0 Å². The first-order valence-corrected chi connectivity index (χ1v) is 38.6. The summed E-state index contributed by atoms with van der Waals surface area (Å²) in [4.78, 5) is 24.7. The second kappa shape index (κ2) is 73.8. The Hall–Kier alpha value is -1.66. The second-order valence-corrected chi connectivity index (χ2v) is 26.7. The Kier molecular flexibility index (Phi) is 72.3. The van der Waals surface area contributed by atoms with Crippen molar-refractivity contribution in [3.63, 3.8) is 0 Å². The Morgan fingerprint density at radius 3 is 0.845 bits per heavy atom. The maximum atomic E-state index is 12.5. The van der Waals surface area contributed by atoms with E-state index in [1.165, 1.54) is 372 Å². The minimum Gasteiger partial charge on any atom is -0.466 e. The Morgan fingerprint density at radius 1 is 0.321 bits per heavy atom. The van der Waals surface area contributed by atoms with Crippen LogP contribution in [0.15, 0.2) is 24.3 Å². The van der Waals surface area contributed by atoms with E-state index in [0.29, 0.717) is 19.4 Å². The molecular formula is C78H151NO5. The molecule has 6 heteroatoms. The molecule has 0 radical (unpaired) electrons. The Morgan fingerprint density at radius 2 is 0.560 bits per heavy atom. The van der Waals surface area contributed by atoms with Gasteiger partial charge in [0.2, 0.25) is 5.91 Å². The third kappa shape index (κ3) is 69.4. The number of rotatable bonds is 73. The van der Waals surface area contributed by atoms with Gasteiger partial charge in [-0.1, -0.05) is 391 Å². The predicted molar refractivity (Wildman–Crippen MR) is 370 cm³/mol. The number of nitrogens with one attached hydrogen (secondary N) is 1. The van der Waals surface area contributed by atoms with E-state index in [2.05, 4.69) is 31.3 Å². The number of esters is 1. The van der Waals surface area contributed by atoms with Crippen LogP contribution in [-0.2, 0) is 14.3 Å². The van der Waals surface area contributed by atoms with Crippen LogP contribution in [0.25, 0.3) is 0 Å². The molecule has 0 aromatic heterocycles. The fourth-order valence-electron chi connectivity index (χ4n) is 12.3. The summed E-state index contributed by atoms with van der Waals surface area (Å²) in [6.07, 6.45) is 94.3. The molecule has 498 valence electrons. The molecule has 0 aromatic rings. The van der Waals surface area contributed by atoms with E-state index < -0.39 is 12.1 Å². The smallest absolute Gasteiger partial charge is 0.305 e. The van der Waals surface area contributed by atoms with Gasteiger partial charge in [-0.25, -0.2) is 0 Å². The van der Waals surface area contributed by atoms with E-state index in [0.717, 1.165) is 38.5 Å². The molecule has 0 aliphatic carbocycles. The number of aliphatic hydroxyl groups is 2. The van der Waals surface area contributed by atoms with Crippen molar-refractivity contribution >= 4 is 11.9 Å². The monoisotopic (exact) mass is 1180 g/mol. The van der Waals surface area contributed by atoms with Crippen molar-refractivity contribution in [3.05, 3.63) is 24.3 Å². The molecular weight excluding hydrogens is 1030 g/mol. The van der Waals surface area contributed by atoms with Crippen molar-refractivity contribution in [2.24, 2.45) is 0 Å². The van der Waals surface area contributed by atoms with Crippen molar-refractivity contribution in [2.75, 3.05) is 13.2 Å². The zero-order valence-electron chi connectivity index (χ0n) is 57.2. The molecule has 84 heavy (non-hydrogen) atoms. The van der Waals surface area contributed by atoms with Gasteiger partial charge in [0.05, 0.1) is 25.4 Å². The molecule has 2 atom stereocenters. The summed E-state index contributed by atoms with van der Waals surface area (Å²) in [5.41, 5.74) is 0. The summed E-state index contributed by atoms with van der Waals surface area (Å²) in [6.45, 7) is 4.96. The molecule has 3 N–H and O–H groups in total. The van der Waals surface area contributed by atoms with Crippen LogP contribution in [0, 0.1) is 0 Å². The zero-order valence-corrected chi connectivity index (χ0v) is 57.2. The first-order valence-electron chi connectivity index (χ1n) is 38.6. The molecule has 0 saturated carbocycles. The minimum atomic E-state index is -0.847. The number of hydrogen-bond donors (Lipinski definition) is 3. The first-order chi connectivity index (χ1) is 41.5. The largest absolute Gasteiger partial charge is 0.466 e. The van der Waals surface area contributed by atoms with Crippen molar-refractivity contribution in [2.45, 2.75) is 450 Å². The van der Waals surface area contributed by atoms with Crippen molar-refractivity contribution < 1.29 is 24.5 Å². The minimum absolute atomic E-state index is 0.0194. The summed E-state index contributed by atoms with van der Waals surface area (Å²) >= 11 is 0. The Bertz CT molecular complexity index is 1320. The number of allylic oxidation sites excluding steroid dienone is 3. The highest BCUT2D eigenvalue weighted by molar-refractivity contribution is 5.76. The molecule has 1 amide bonds. The number of unbranched alkanes of at least 4 members (excludes halogenated alkanes) is 60. The molecule has 0 heterocycles. The average Bonchev–Trinajstić information content (AvgIpc) is 3.51. The topological polar surface area (TPSA) is 95.9 Å². The van der Waals surface area contributed by atoms with E-state index in [1.54, 1.807) is 6.08 Å². The van der Waals surface area contributed by atoms with Crippen molar-refractivity contribution in [1.82, 2.24) is 5.32 Å². The van der Waals surface area contributed by atoms with Crippen LogP contribution in [-0.4, -0.2) is 47.4 Å². The van der Waals surface area contributed by atoms with Crippen LogP contribution < -0.4 is 5.32 Å². The van der Waals surface area contributed by atoms with Crippen molar-refractivity contribution in [1.29, 1.82) is 0 Å². The van der Waals surface area contributed by atoms with Crippen LogP contribution in [0.3, 0.4) is 0 Å².